The molecule has 1 amide bonds. The van der Waals surface area contributed by atoms with Crippen LogP contribution in [0.2, 0.25) is 0 Å². The zero-order valence-corrected chi connectivity index (χ0v) is 11.7. The smallest absolute Gasteiger partial charge is 0.372 e. The van der Waals surface area contributed by atoms with Crippen LogP contribution in [-0.4, -0.2) is 42.8 Å². The molecular formula is C15H18F3NO2. The van der Waals surface area contributed by atoms with Gasteiger partial charge < -0.3 is 9.64 Å². The first kappa shape index (κ1) is 15.8. The Morgan fingerprint density at radius 2 is 2.29 bits per heavy atom. The highest BCUT2D eigenvalue weighted by Crippen LogP contribution is 2.31. The minimum absolute atomic E-state index is 0.116. The number of carbonyl (C=O) groups excluding carboxylic acids is 1. The van der Waals surface area contributed by atoms with Gasteiger partial charge in [-0.2, -0.15) is 13.2 Å². The van der Waals surface area contributed by atoms with Crippen molar-refractivity contribution in [3.8, 4) is 0 Å². The van der Waals surface area contributed by atoms with E-state index in [2.05, 4.69) is 6.58 Å². The van der Waals surface area contributed by atoms with Crippen LogP contribution in [0.3, 0.4) is 0 Å². The lowest BCUT2D eigenvalue weighted by molar-refractivity contribution is -0.125. The molecule has 1 unspecified atom stereocenters. The third-order valence-electron chi connectivity index (χ3n) is 3.65. The molecule has 6 heteroatoms. The molecule has 21 heavy (non-hydrogen) atoms. The Morgan fingerprint density at radius 3 is 2.95 bits per heavy atom. The molecule has 2 rings (SSSR count). The van der Waals surface area contributed by atoms with E-state index in [1.807, 2.05) is 0 Å². The summed E-state index contributed by atoms with van der Waals surface area (Å²) >= 11 is 0. The fraction of sp³-hybridized carbons (Fsp3) is 0.533. The summed E-state index contributed by atoms with van der Waals surface area (Å²) in [6.07, 6.45) is 0.898. The first-order chi connectivity index (χ1) is 9.90. The number of amides is 1. The maximum Gasteiger partial charge on any atom is 0.416 e. The van der Waals surface area contributed by atoms with Gasteiger partial charge in [-0.1, -0.05) is 12.7 Å². The lowest BCUT2D eigenvalue weighted by Crippen LogP contribution is -2.28. The number of hydrogen-bond acceptors (Lipinski definition) is 2. The van der Waals surface area contributed by atoms with Crippen molar-refractivity contribution in [2.45, 2.75) is 31.5 Å². The third kappa shape index (κ3) is 4.20. The lowest BCUT2D eigenvalue weighted by atomic mass is 9.99. The number of hydrogen-bond donors (Lipinski definition) is 0. The Hall–Kier alpha value is -1.56. The number of nitrogens with zero attached hydrogens (tertiary/aromatic N) is 1. The highest BCUT2D eigenvalue weighted by molar-refractivity contribution is 5.87. The van der Waals surface area contributed by atoms with Crippen molar-refractivity contribution >= 4 is 5.91 Å². The Kier molecular flexibility index (Phi) is 4.88. The molecule has 1 fully saturated rings. The van der Waals surface area contributed by atoms with Crippen LogP contribution in [0.5, 0.6) is 0 Å². The van der Waals surface area contributed by atoms with Crippen molar-refractivity contribution in [2.75, 3.05) is 19.7 Å². The zero-order chi connectivity index (χ0) is 15.5. The number of carbonyl (C=O) groups is 1. The quantitative estimate of drug-likeness (QED) is 0.747. The molecule has 0 N–H and O–H groups in total. The topological polar surface area (TPSA) is 29.5 Å². The largest absolute Gasteiger partial charge is 0.416 e. The van der Waals surface area contributed by atoms with Gasteiger partial charge in [0, 0.05) is 13.1 Å². The molecule has 0 spiro atoms. The lowest BCUT2D eigenvalue weighted by Gasteiger charge is -2.18. The summed E-state index contributed by atoms with van der Waals surface area (Å²) in [4.78, 5) is 13.1. The maximum atomic E-state index is 12.6. The Labute approximate surface area is 121 Å². The van der Waals surface area contributed by atoms with Crippen LogP contribution >= 0.6 is 0 Å². The third-order valence-corrected chi connectivity index (χ3v) is 3.65. The first-order valence-corrected chi connectivity index (χ1v) is 6.90. The second kappa shape index (κ2) is 6.47. The van der Waals surface area contributed by atoms with Gasteiger partial charge >= 0.3 is 6.18 Å². The van der Waals surface area contributed by atoms with Gasteiger partial charge in [0.2, 0.25) is 5.91 Å². The maximum absolute atomic E-state index is 12.6. The van der Waals surface area contributed by atoms with Gasteiger partial charge in [-0.05, 0) is 37.0 Å². The second-order valence-electron chi connectivity index (χ2n) is 5.21. The normalized spacial score (nSPS) is 22.8. The van der Waals surface area contributed by atoms with Crippen LogP contribution in [0, 0.1) is 0 Å². The molecule has 1 saturated heterocycles. The minimum Gasteiger partial charge on any atom is -0.372 e. The molecule has 0 aromatic heterocycles. The first-order valence-electron chi connectivity index (χ1n) is 6.90. The van der Waals surface area contributed by atoms with Crippen LogP contribution in [0.1, 0.15) is 19.3 Å². The van der Waals surface area contributed by atoms with Crippen LogP contribution in [0.4, 0.5) is 13.2 Å². The van der Waals surface area contributed by atoms with Gasteiger partial charge in [-0.3, -0.25) is 4.79 Å². The number of allylic oxidation sites excluding steroid dienone is 3. The molecule has 0 bridgehead atoms. The number of alkyl halides is 3. The molecular weight excluding hydrogens is 283 g/mol. The second-order valence-corrected chi connectivity index (χ2v) is 5.21. The van der Waals surface area contributed by atoms with Crippen molar-refractivity contribution in [3.05, 3.63) is 36.0 Å². The SMILES string of the molecule is C=CC(=O)N1CCC(OCC2=CC(C(F)(F)F)=CCC2)C1. The van der Waals surface area contributed by atoms with Gasteiger partial charge in [0.25, 0.3) is 0 Å². The van der Waals surface area contributed by atoms with Crippen LogP contribution in [-0.2, 0) is 9.53 Å². The van der Waals surface area contributed by atoms with Gasteiger partial charge in [-0.15, -0.1) is 0 Å². The summed E-state index contributed by atoms with van der Waals surface area (Å²) in [5, 5.41) is 0. The van der Waals surface area contributed by atoms with Gasteiger partial charge in [0.15, 0.2) is 0 Å². The van der Waals surface area contributed by atoms with Crippen molar-refractivity contribution in [1.82, 2.24) is 4.90 Å². The molecule has 0 aromatic rings. The molecule has 0 radical (unpaired) electrons. The summed E-state index contributed by atoms with van der Waals surface area (Å²) in [7, 11) is 0. The Morgan fingerprint density at radius 1 is 1.52 bits per heavy atom. The predicted octanol–water partition coefficient (Wildman–Crippen LogP) is 3.00. The van der Waals surface area contributed by atoms with E-state index >= 15 is 0 Å². The Balaban J connectivity index is 1.84. The van der Waals surface area contributed by atoms with E-state index in [0.717, 1.165) is 0 Å². The minimum atomic E-state index is -4.30. The highest BCUT2D eigenvalue weighted by Gasteiger charge is 2.33. The van der Waals surface area contributed by atoms with E-state index in [9.17, 15) is 18.0 Å². The molecule has 1 atom stereocenters. The van der Waals surface area contributed by atoms with Crippen molar-refractivity contribution < 1.29 is 22.7 Å². The Bertz CT molecular complexity index is 480. The van der Waals surface area contributed by atoms with E-state index < -0.39 is 11.7 Å². The monoisotopic (exact) mass is 301 g/mol. The van der Waals surface area contributed by atoms with Crippen molar-refractivity contribution in [3.63, 3.8) is 0 Å². The standard InChI is InChI=1S/C15H18F3NO2/c1-2-14(20)19-7-6-13(9-19)21-10-11-4-3-5-12(8-11)15(16,17)18/h2,5,8,13H,1,3-4,6-7,9-10H2. The summed E-state index contributed by atoms with van der Waals surface area (Å²) < 4.78 is 43.5. The molecule has 116 valence electrons. The summed E-state index contributed by atoms with van der Waals surface area (Å²) in [6.45, 7) is 4.69. The molecule has 1 aliphatic carbocycles. The summed E-state index contributed by atoms with van der Waals surface area (Å²) in [6, 6.07) is 0. The molecule has 0 aromatic carbocycles. The van der Waals surface area contributed by atoms with E-state index in [-0.39, 0.29) is 18.6 Å². The average molecular weight is 301 g/mol. The molecule has 3 nitrogen and oxygen atoms in total. The number of halogens is 3. The number of rotatable bonds is 4. The van der Waals surface area contributed by atoms with Crippen molar-refractivity contribution in [1.29, 1.82) is 0 Å². The molecule has 0 saturated carbocycles. The molecule has 1 aliphatic heterocycles. The fourth-order valence-electron chi connectivity index (χ4n) is 2.49. The number of likely N-dealkylation sites (tertiary alicyclic amines) is 1. The van der Waals surface area contributed by atoms with E-state index in [1.165, 1.54) is 18.2 Å². The summed E-state index contributed by atoms with van der Waals surface area (Å²) in [5.41, 5.74) is 0.0561. The van der Waals surface area contributed by atoms with E-state index in [1.54, 1.807) is 4.90 Å². The number of ether oxygens (including phenoxy) is 1. The summed E-state index contributed by atoms with van der Waals surface area (Å²) in [5.74, 6) is -0.139. The zero-order valence-electron chi connectivity index (χ0n) is 11.7. The van der Waals surface area contributed by atoms with Gasteiger partial charge in [-0.25, -0.2) is 0 Å². The average Bonchev–Trinajstić information content (AvgIpc) is 2.92. The fourth-order valence-corrected chi connectivity index (χ4v) is 2.49. The van der Waals surface area contributed by atoms with Gasteiger partial charge in [0.05, 0.1) is 18.3 Å². The van der Waals surface area contributed by atoms with E-state index in [0.29, 0.717) is 37.9 Å². The van der Waals surface area contributed by atoms with Crippen LogP contribution < -0.4 is 0 Å². The van der Waals surface area contributed by atoms with Crippen molar-refractivity contribution in [2.24, 2.45) is 0 Å². The van der Waals surface area contributed by atoms with Gasteiger partial charge in [0.1, 0.15) is 0 Å². The molecule has 1 heterocycles. The highest BCUT2D eigenvalue weighted by atomic mass is 19.4. The molecule has 2 aliphatic rings. The van der Waals surface area contributed by atoms with Crippen LogP contribution in [0.25, 0.3) is 0 Å². The van der Waals surface area contributed by atoms with E-state index in [4.69, 9.17) is 4.74 Å². The van der Waals surface area contributed by atoms with Crippen LogP contribution in [0.15, 0.2) is 36.0 Å². The predicted molar refractivity (Wildman–Crippen MR) is 72.6 cm³/mol.